The molecule has 1 aliphatic heterocycles. The lowest BCUT2D eigenvalue weighted by atomic mass is 9.89. The molecule has 128 valence electrons. The predicted molar refractivity (Wildman–Crippen MR) is 90.9 cm³/mol. The van der Waals surface area contributed by atoms with Crippen molar-refractivity contribution in [3.8, 4) is 0 Å². The fourth-order valence-corrected chi connectivity index (χ4v) is 2.70. The summed E-state index contributed by atoms with van der Waals surface area (Å²) in [6.45, 7) is 6.49. The van der Waals surface area contributed by atoms with Crippen LogP contribution in [0.25, 0.3) is 0 Å². The van der Waals surface area contributed by atoms with Crippen LogP contribution < -0.4 is 10.2 Å². The van der Waals surface area contributed by atoms with Crippen LogP contribution in [0.4, 0.5) is 5.95 Å². The summed E-state index contributed by atoms with van der Waals surface area (Å²) in [6.07, 6.45) is 5.36. The molecular formula is C16H25ClN4O2. The maximum atomic E-state index is 12.3. The largest absolute Gasteiger partial charge is 0.396 e. The van der Waals surface area contributed by atoms with E-state index >= 15 is 0 Å². The summed E-state index contributed by atoms with van der Waals surface area (Å²) in [7, 11) is 0. The zero-order chi connectivity index (χ0) is 16.9. The first-order valence-electron chi connectivity index (χ1n) is 8.09. The van der Waals surface area contributed by atoms with E-state index < -0.39 is 0 Å². The van der Waals surface area contributed by atoms with E-state index in [9.17, 15) is 9.90 Å². The summed E-state index contributed by atoms with van der Waals surface area (Å²) in [4.78, 5) is 22.9. The fraction of sp³-hybridized carbons (Fsp3) is 0.688. The smallest absolute Gasteiger partial charge is 0.271 e. The van der Waals surface area contributed by atoms with Gasteiger partial charge in [-0.25, -0.2) is 9.97 Å². The molecule has 0 spiro atoms. The minimum absolute atomic E-state index is 0.125. The molecule has 0 saturated carbocycles. The van der Waals surface area contributed by atoms with Crippen LogP contribution in [0.1, 0.15) is 50.0 Å². The van der Waals surface area contributed by atoms with Gasteiger partial charge in [0.1, 0.15) is 0 Å². The molecule has 0 atom stereocenters. The molecule has 0 unspecified atom stereocenters. The third kappa shape index (κ3) is 5.04. The molecule has 0 aromatic carbocycles. The molecule has 1 saturated heterocycles. The van der Waals surface area contributed by atoms with E-state index in [0.29, 0.717) is 12.5 Å². The Hall–Kier alpha value is -1.40. The molecule has 1 fully saturated rings. The van der Waals surface area contributed by atoms with Crippen LogP contribution in [0.15, 0.2) is 6.20 Å². The highest BCUT2D eigenvalue weighted by molar-refractivity contribution is 6.33. The number of nitrogens with zero attached hydrogens (tertiary/aromatic N) is 3. The van der Waals surface area contributed by atoms with Gasteiger partial charge in [0.15, 0.2) is 5.69 Å². The van der Waals surface area contributed by atoms with Crippen molar-refractivity contribution >= 4 is 23.5 Å². The monoisotopic (exact) mass is 340 g/mol. The van der Waals surface area contributed by atoms with Crippen molar-refractivity contribution in [1.29, 1.82) is 0 Å². The third-order valence-corrected chi connectivity index (χ3v) is 4.36. The summed E-state index contributed by atoms with van der Waals surface area (Å²) < 4.78 is 0. The summed E-state index contributed by atoms with van der Waals surface area (Å²) in [5, 5.41) is 12.3. The molecule has 0 bridgehead atoms. The average Bonchev–Trinajstić information content (AvgIpc) is 3.06. The highest BCUT2D eigenvalue weighted by Gasteiger charge is 2.20. The Morgan fingerprint density at radius 3 is 2.78 bits per heavy atom. The fourth-order valence-electron chi connectivity index (χ4n) is 2.52. The van der Waals surface area contributed by atoms with Crippen LogP contribution in [0.3, 0.4) is 0 Å². The number of halogens is 1. The second-order valence-electron chi connectivity index (χ2n) is 6.74. The summed E-state index contributed by atoms with van der Waals surface area (Å²) in [6, 6.07) is 0. The minimum Gasteiger partial charge on any atom is -0.396 e. The Morgan fingerprint density at radius 1 is 1.43 bits per heavy atom. The number of aliphatic hydroxyl groups excluding tert-OH is 1. The van der Waals surface area contributed by atoms with E-state index in [1.807, 2.05) is 13.8 Å². The van der Waals surface area contributed by atoms with Gasteiger partial charge in [0.05, 0.1) is 11.2 Å². The number of nitrogens with one attached hydrogen (secondary N) is 1. The highest BCUT2D eigenvalue weighted by Crippen LogP contribution is 2.21. The predicted octanol–water partition coefficient (Wildman–Crippen LogP) is 2.26. The number of hydrogen-bond donors (Lipinski definition) is 2. The second-order valence-corrected chi connectivity index (χ2v) is 7.15. The zero-order valence-electron chi connectivity index (χ0n) is 13.8. The van der Waals surface area contributed by atoms with Gasteiger partial charge in [-0.15, -0.1) is 0 Å². The number of hydrogen-bond acceptors (Lipinski definition) is 5. The number of amides is 1. The lowest BCUT2D eigenvalue weighted by Gasteiger charge is -2.21. The molecule has 2 N–H and O–H groups in total. The molecule has 2 rings (SSSR count). The molecule has 2 heterocycles. The van der Waals surface area contributed by atoms with E-state index in [1.165, 1.54) is 6.20 Å². The van der Waals surface area contributed by atoms with E-state index in [0.717, 1.165) is 38.8 Å². The van der Waals surface area contributed by atoms with E-state index in [4.69, 9.17) is 11.6 Å². The average molecular weight is 341 g/mol. The van der Waals surface area contributed by atoms with Crippen LogP contribution in [0.2, 0.25) is 5.02 Å². The Morgan fingerprint density at radius 2 is 2.13 bits per heavy atom. The van der Waals surface area contributed by atoms with Crippen molar-refractivity contribution in [1.82, 2.24) is 15.3 Å². The van der Waals surface area contributed by atoms with Crippen molar-refractivity contribution in [2.45, 2.75) is 39.5 Å². The Kier molecular flexibility index (Phi) is 6.18. The highest BCUT2D eigenvalue weighted by atomic mass is 35.5. The zero-order valence-corrected chi connectivity index (χ0v) is 14.6. The topological polar surface area (TPSA) is 78.3 Å². The number of anilines is 1. The first-order chi connectivity index (χ1) is 10.9. The van der Waals surface area contributed by atoms with Crippen LogP contribution in [0, 0.1) is 5.41 Å². The van der Waals surface area contributed by atoms with Crippen molar-refractivity contribution in [3.05, 3.63) is 16.9 Å². The standard InChI is InChI=1S/C16H25ClN4O2/c1-16(2,11-22)6-5-7-18-14(23)13-12(17)10-19-15(20-13)21-8-3-4-9-21/h10,22H,3-9,11H2,1-2H3,(H,18,23). The van der Waals surface area contributed by atoms with Gasteiger partial charge in [-0.1, -0.05) is 25.4 Å². The van der Waals surface area contributed by atoms with Gasteiger partial charge in [0.25, 0.3) is 5.91 Å². The van der Waals surface area contributed by atoms with Crippen molar-refractivity contribution in [2.75, 3.05) is 31.1 Å². The van der Waals surface area contributed by atoms with Gasteiger partial charge in [-0.05, 0) is 31.1 Å². The Balaban J connectivity index is 1.92. The normalized spacial score (nSPS) is 15.0. The van der Waals surface area contributed by atoms with Crippen LogP contribution in [-0.4, -0.2) is 47.2 Å². The Bertz CT molecular complexity index is 545. The maximum absolute atomic E-state index is 12.3. The van der Waals surface area contributed by atoms with Crippen molar-refractivity contribution < 1.29 is 9.90 Å². The van der Waals surface area contributed by atoms with Gasteiger partial charge >= 0.3 is 0 Å². The van der Waals surface area contributed by atoms with Gasteiger partial charge in [0.2, 0.25) is 5.95 Å². The number of carbonyl (C=O) groups excluding carboxylic acids is 1. The molecule has 6 nitrogen and oxygen atoms in total. The molecule has 1 aromatic rings. The van der Waals surface area contributed by atoms with Gasteiger partial charge in [-0.3, -0.25) is 4.79 Å². The SMILES string of the molecule is CC(C)(CO)CCCNC(=O)c1nc(N2CCCC2)ncc1Cl. The van der Waals surface area contributed by atoms with E-state index in [-0.39, 0.29) is 28.6 Å². The van der Waals surface area contributed by atoms with Crippen LogP contribution in [-0.2, 0) is 0 Å². The lowest BCUT2D eigenvalue weighted by Crippen LogP contribution is -2.28. The number of aliphatic hydroxyl groups is 1. The summed E-state index contributed by atoms with van der Waals surface area (Å²) in [5.41, 5.74) is 0.102. The van der Waals surface area contributed by atoms with E-state index in [1.54, 1.807) is 0 Å². The van der Waals surface area contributed by atoms with Crippen LogP contribution >= 0.6 is 11.6 Å². The quantitative estimate of drug-likeness (QED) is 0.744. The second kappa shape index (κ2) is 7.93. The number of carbonyl (C=O) groups is 1. The van der Waals surface area contributed by atoms with Crippen molar-refractivity contribution in [3.63, 3.8) is 0 Å². The summed E-state index contributed by atoms with van der Waals surface area (Å²) in [5.74, 6) is 0.290. The summed E-state index contributed by atoms with van der Waals surface area (Å²) >= 11 is 6.07. The lowest BCUT2D eigenvalue weighted by molar-refractivity contribution is 0.0943. The molecular weight excluding hydrogens is 316 g/mol. The van der Waals surface area contributed by atoms with E-state index in [2.05, 4.69) is 20.2 Å². The Labute approximate surface area is 142 Å². The van der Waals surface area contributed by atoms with Gasteiger partial charge < -0.3 is 15.3 Å². The molecule has 0 aliphatic carbocycles. The van der Waals surface area contributed by atoms with Gasteiger partial charge in [-0.2, -0.15) is 0 Å². The minimum atomic E-state index is -0.278. The first kappa shape index (κ1) is 17.9. The molecule has 23 heavy (non-hydrogen) atoms. The van der Waals surface area contributed by atoms with Crippen molar-refractivity contribution in [2.24, 2.45) is 5.41 Å². The molecule has 1 aromatic heterocycles. The maximum Gasteiger partial charge on any atom is 0.271 e. The number of rotatable bonds is 7. The molecule has 1 amide bonds. The molecule has 7 heteroatoms. The third-order valence-electron chi connectivity index (χ3n) is 4.08. The van der Waals surface area contributed by atoms with Crippen LogP contribution in [0.5, 0.6) is 0 Å². The van der Waals surface area contributed by atoms with Gasteiger partial charge in [0, 0.05) is 26.2 Å². The number of aromatic nitrogens is 2. The molecule has 1 aliphatic rings. The first-order valence-corrected chi connectivity index (χ1v) is 8.47. The molecule has 0 radical (unpaired) electrons.